The first kappa shape index (κ1) is 12.4. The summed E-state index contributed by atoms with van der Waals surface area (Å²) in [5.41, 5.74) is 2.64. The second-order valence-corrected chi connectivity index (χ2v) is 5.37. The summed E-state index contributed by atoms with van der Waals surface area (Å²) >= 11 is 0. The Bertz CT molecular complexity index is 362. The number of hydrogen-bond acceptors (Lipinski definition) is 2. The van der Waals surface area contributed by atoms with Gasteiger partial charge in [-0.05, 0) is 36.0 Å². The van der Waals surface area contributed by atoms with Crippen molar-refractivity contribution < 1.29 is 4.74 Å². The van der Waals surface area contributed by atoms with E-state index in [9.17, 15) is 0 Å². The van der Waals surface area contributed by atoms with E-state index in [1.165, 1.54) is 11.3 Å². The topological polar surface area (TPSA) is 21.3 Å². The van der Waals surface area contributed by atoms with Crippen molar-refractivity contribution in [3.63, 3.8) is 0 Å². The summed E-state index contributed by atoms with van der Waals surface area (Å²) in [7, 11) is 0. The predicted molar refractivity (Wildman–Crippen MR) is 72.5 cm³/mol. The van der Waals surface area contributed by atoms with Gasteiger partial charge in [-0.1, -0.05) is 32.9 Å². The van der Waals surface area contributed by atoms with Gasteiger partial charge in [0.2, 0.25) is 0 Å². The quantitative estimate of drug-likeness (QED) is 0.860. The van der Waals surface area contributed by atoms with Crippen molar-refractivity contribution in [1.29, 1.82) is 0 Å². The van der Waals surface area contributed by atoms with E-state index < -0.39 is 0 Å². The summed E-state index contributed by atoms with van der Waals surface area (Å²) in [6.45, 7) is 8.48. The minimum absolute atomic E-state index is 0.547. The molecule has 94 valence electrons. The molecule has 2 nitrogen and oxygen atoms in total. The molecule has 1 saturated heterocycles. The third-order valence-corrected chi connectivity index (χ3v) is 3.55. The minimum Gasteiger partial charge on any atom is -0.382 e. The van der Waals surface area contributed by atoms with E-state index in [1.807, 2.05) is 0 Å². The largest absolute Gasteiger partial charge is 0.382 e. The fourth-order valence-corrected chi connectivity index (χ4v) is 2.30. The Labute approximate surface area is 104 Å². The maximum atomic E-state index is 5.47. The molecule has 17 heavy (non-hydrogen) atoms. The van der Waals surface area contributed by atoms with Crippen LogP contribution in [0.15, 0.2) is 24.3 Å². The van der Waals surface area contributed by atoms with Gasteiger partial charge in [-0.3, -0.25) is 0 Å². The van der Waals surface area contributed by atoms with E-state index in [-0.39, 0.29) is 0 Å². The SMILES string of the molecule is CC(C)c1cccc(NC2CCOC[C@@H]2C)c1. The van der Waals surface area contributed by atoms with E-state index in [1.54, 1.807) is 0 Å². The monoisotopic (exact) mass is 233 g/mol. The molecule has 2 atom stereocenters. The number of rotatable bonds is 3. The van der Waals surface area contributed by atoms with Crippen molar-refractivity contribution >= 4 is 5.69 Å². The van der Waals surface area contributed by atoms with Crippen LogP contribution in [0.5, 0.6) is 0 Å². The smallest absolute Gasteiger partial charge is 0.0511 e. The van der Waals surface area contributed by atoms with Gasteiger partial charge >= 0.3 is 0 Å². The Morgan fingerprint density at radius 2 is 2.18 bits per heavy atom. The zero-order chi connectivity index (χ0) is 12.3. The molecule has 1 aliphatic heterocycles. The molecule has 1 unspecified atom stereocenters. The van der Waals surface area contributed by atoms with Crippen LogP contribution in [-0.2, 0) is 4.74 Å². The standard InChI is InChI=1S/C15H23NO/c1-11(2)13-5-4-6-14(9-13)16-15-7-8-17-10-12(15)3/h4-6,9,11-12,15-16H,7-8,10H2,1-3H3/t12-,15?/m0/s1. The maximum absolute atomic E-state index is 5.47. The fourth-order valence-electron chi connectivity index (χ4n) is 2.30. The van der Waals surface area contributed by atoms with Crippen LogP contribution in [-0.4, -0.2) is 19.3 Å². The fraction of sp³-hybridized carbons (Fsp3) is 0.600. The number of hydrogen-bond donors (Lipinski definition) is 1. The summed E-state index contributed by atoms with van der Waals surface area (Å²) in [5, 5.41) is 3.65. The normalized spacial score (nSPS) is 24.9. The number of anilines is 1. The van der Waals surface area contributed by atoms with Gasteiger partial charge in [-0.15, -0.1) is 0 Å². The van der Waals surface area contributed by atoms with Crippen molar-refractivity contribution in [2.75, 3.05) is 18.5 Å². The van der Waals surface area contributed by atoms with Crippen molar-refractivity contribution in [2.45, 2.75) is 39.2 Å². The molecule has 1 fully saturated rings. The third-order valence-electron chi connectivity index (χ3n) is 3.55. The van der Waals surface area contributed by atoms with Gasteiger partial charge in [-0.2, -0.15) is 0 Å². The van der Waals surface area contributed by atoms with Crippen molar-refractivity contribution in [2.24, 2.45) is 5.92 Å². The molecule has 0 aliphatic carbocycles. The highest BCUT2D eigenvalue weighted by Gasteiger charge is 2.21. The minimum atomic E-state index is 0.547. The van der Waals surface area contributed by atoms with Gasteiger partial charge in [-0.25, -0.2) is 0 Å². The zero-order valence-electron chi connectivity index (χ0n) is 11.1. The van der Waals surface area contributed by atoms with Gasteiger partial charge in [0, 0.05) is 18.3 Å². The van der Waals surface area contributed by atoms with Crippen LogP contribution >= 0.6 is 0 Å². The van der Waals surface area contributed by atoms with Crippen LogP contribution in [0.2, 0.25) is 0 Å². The third kappa shape index (κ3) is 3.22. The van der Waals surface area contributed by atoms with Gasteiger partial charge < -0.3 is 10.1 Å². The highest BCUT2D eigenvalue weighted by molar-refractivity contribution is 5.47. The molecule has 2 heteroatoms. The molecule has 2 rings (SSSR count). The average Bonchev–Trinajstić information content (AvgIpc) is 2.32. The first-order chi connectivity index (χ1) is 8.16. The molecule has 0 bridgehead atoms. The van der Waals surface area contributed by atoms with Gasteiger partial charge in [0.15, 0.2) is 0 Å². The van der Waals surface area contributed by atoms with Crippen molar-refractivity contribution in [3.05, 3.63) is 29.8 Å². The lowest BCUT2D eigenvalue weighted by atomic mass is 9.97. The van der Waals surface area contributed by atoms with Gasteiger partial charge in [0.1, 0.15) is 0 Å². The first-order valence-electron chi connectivity index (χ1n) is 6.61. The van der Waals surface area contributed by atoms with E-state index >= 15 is 0 Å². The van der Waals surface area contributed by atoms with Crippen LogP contribution in [0.4, 0.5) is 5.69 Å². The molecular formula is C15H23NO. The molecule has 1 aromatic rings. The van der Waals surface area contributed by atoms with Crippen LogP contribution in [0, 0.1) is 5.92 Å². The average molecular weight is 233 g/mol. The maximum Gasteiger partial charge on any atom is 0.0511 e. The molecule has 1 N–H and O–H groups in total. The van der Waals surface area contributed by atoms with Gasteiger partial charge in [0.25, 0.3) is 0 Å². The molecule has 0 amide bonds. The molecular weight excluding hydrogens is 210 g/mol. The molecule has 0 aromatic heterocycles. The lowest BCUT2D eigenvalue weighted by molar-refractivity contribution is 0.0538. The molecule has 1 heterocycles. The summed E-state index contributed by atoms with van der Waals surface area (Å²) in [5.74, 6) is 1.18. The first-order valence-corrected chi connectivity index (χ1v) is 6.61. The molecule has 0 radical (unpaired) electrons. The summed E-state index contributed by atoms with van der Waals surface area (Å²) in [6, 6.07) is 9.32. The van der Waals surface area contributed by atoms with E-state index in [0.717, 1.165) is 19.6 Å². The molecule has 1 aromatic carbocycles. The predicted octanol–water partition coefficient (Wildman–Crippen LogP) is 3.65. The second kappa shape index (κ2) is 5.54. The number of benzene rings is 1. The van der Waals surface area contributed by atoms with Gasteiger partial charge in [0.05, 0.1) is 6.61 Å². The Morgan fingerprint density at radius 3 is 2.88 bits per heavy atom. The Morgan fingerprint density at radius 1 is 1.35 bits per heavy atom. The van der Waals surface area contributed by atoms with Crippen LogP contribution < -0.4 is 5.32 Å². The summed E-state index contributed by atoms with van der Waals surface area (Å²) in [6.07, 6.45) is 1.10. The lowest BCUT2D eigenvalue weighted by Crippen LogP contribution is -2.35. The Kier molecular flexibility index (Phi) is 4.06. The molecule has 0 spiro atoms. The van der Waals surface area contributed by atoms with E-state index in [2.05, 4.69) is 50.4 Å². The second-order valence-electron chi connectivity index (χ2n) is 5.37. The van der Waals surface area contributed by atoms with Crippen molar-refractivity contribution in [3.8, 4) is 0 Å². The Hall–Kier alpha value is -1.02. The van der Waals surface area contributed by atoms with E-state index in [4.69, 9.17) is 4.74 Å². The van der Waals surface area contributed by atoms with Crippen LogP contribution in [0.3, 0.4) is 0 Å². The van der Waals surface area contributed by atoms with Crippen LogP contribution in [0.1, 0.15) is 38.7 Å². The Balaban J connectivity index is 2.04. The zero-order valence-corrected chi connectivity index (χ0v) is 11.1. The highest BCUT2D eigenvalue weighted by atomic mass is 16.5. The summed E-state index contributed by atoms with van der Waals surface area (Å²) in [4.78, 5) is 0. The molecule has 0 saturated carbocycles. The van der Waals surface area contributed by atoms with Crippen molar-refractivity contribution in [1.82, 2.24) is 0 Å². The number of nitrogens with one attached hydrogen (secondary N) is 1. The van der Waals surface area contributed by atoms with Crippen LogP contribution in [0.25, 0.3) is 0 Å². The number of ether oxygens (including phenoxy) is 1. The van der Waals surface area contributed by atoms with E-state index in [0.29, 0.717) is 17.9 Å². The highest BCUT2D eigenvalue weighted by Crippen LogP contribution is 2.22. The lowest BCUT2D eigenvalue weighted by Gasteiger charge is -2.30. The molecule has 1 aliphatic rings. The summed E-state index contributed by atoms with van der Waals surface area (Å²) < 4.78 is 5.47.